The molecule has 0 spiro atoms. The number of aryl methyl sites for hydroxylation is 1. The Hall–Kier alpha value is -6.08. The first-order chi connectivity index (χ1) is 30.5. The molecule has 332 valence electrons. The maximum Gasteiger partial charge on any atom is 0.410 e. The molecule has 3 aromatic heterocycles. The summed E-state index contributed by atoms with van der Waals surface area (Å²) >= 11 is 7.86. The molecule has 0 bridgehead atoms. The number of benzene rings is 1. The molecule has 1 unspecified atom stereocenters. The highest BCUT2D eigenvalue weighted by molar-refractivity contribution is 7.14. The lowest BCUT2D eigenvalue weighted by atomic mass is 9.90. The molecule has 5 heterocycles. The number of ether oxygens (including phenoxy) is 1. The number of anilines is 1. The fourth-order valence-electron chi connectivity index (χ4n) is 8.29. The Bertz CT molecular complexity index is 2360. The first-order valence-electron chi connectivity index (χ1n) is 21.3. The van der Waals surface area contributed by atoms with Gasteiger partial charge in [0.2, 0.25) is 23.7 Å². The van der Waals surface area contributed by atoms with Gasteiger partial charge in [0.15, 0.2) is 0 Å². The molecule has 4 aliphatic rings. The largest absolute Gasteiger partial charge is 0.445 e. The molecule has 8 rings (SSSR count). The van der Waals surface area contributed by atoms with Crippen molar-refractivity contribution in [1.82, 2.24) is 50.8 Å². The molecule has 1 atom stereocenters. The number of urea groups is 1. The van der Waals surface area contributed by atoms with Crippen molar-refractivity contribution in [3.63, 3.8) is 0 Å². The van der Waals surface area contributed by atoms with Gasteiger partial charge < -0.3 is 30.9 Å². The van der Waals surface area contributed by atoms with E-state index in [-0.39, 0.29) is 76.1 Å². The van der Waals surface area contributed by atoms with Gasteiger partial charge in [0.1, 0.15) is 19.2 Å². The van der Waals surface area contributed by atoms with Crippen molar-refractivity contribution in [2.75, 3.05) is 25.0 Å². The van der Waals surface area contributed by atoms with E-state index >= 15 is 0 Å². The number of hydrogen-bond donors (Lipinski definition) is 5. The van der Waals surface area contributed by atoms with E-state index in [2.05, 4.69) is 36.7 Å². The van der Waals surface area contributed by atoms with Crippen molar-refractivity contribution < 1.29 is 33.5 Å². The molecular weight excluding hydrogens is 850 g/mol. The SMILES string of the molecule is Cn1ncc(-c2nc(NC3CCC(N(CC(=O)NCCNC(=O)NCc4cc5c(s4)C(=O)N(C4CCC(=O)NC4=O)C5)C(=O)OCc4ccccc4)CC3)ncc2Cl)c1CC1CC1. The van der Waals surface area contributed by atoms with Gasteiger partial charge in [-0.25, -0.2) is 19.6 Å². The van der Waals surface area contributed by atoms with E-state index in [1.807, 2.05) is 54.3 Å². The summed E-state index contributed by atoms with van der Waals surface area (Å²) in [6.07, 6.45) is 9.28. The van der Waals surface area contributed by atoms with E-state index in [0.29, 0.717) is 53.1 Å². The average Bonchev–Trinajstić information content (AvgIpc) is 3.79. The maximum absolute atomic E-state index is 13.6. The van der Waals surface area contributed by atoms with Crippen LogP contribution in [-0.4, -0.2) is 103 Å². The van der Waals surface area contributed by atoms with Crippen LogP contribution in [0.3, 0.4) is 0 Å². The number of piperidine rings is 1. The number of nitrogens with zero attached hydrogens (tertiary/aromatic N) is 6. The molecule has 1 aromatic carbocycles. The minimum Gasteiger partial charge on any atom is -0.445 e. The van der Waals surface area contributed by atoms with Crippen molar-refractivity contribution in [3.8, 4) is 11.3 Å². The molecule has 4 aromatic rings. The molecule has 0 radical (unpaired) electrons. The monoisotopic (exact) mass is 899 g/mol. The number of halogens is 1. The van der Waals surface area contributed by atoms with Crippen LogP contribution in [0.5, 0.6) is 0 Å². The lowest BCUT2D eigenvalue weighted by Gasteiger charge is -2.36. The number of carbonyl (C=O) groups excluding carboxylic acids is 6. The molecule has 2 aliphatic heterocycles. The van der Waals surface area contributed by atoms with Gasteiger partial charge in [-0.1, -0.05) is 41.9 Å². The van der Waals surface area contributed by atoms with Gasteiger partial charge >= 0.3 is 12.1 Å². The van der Waals surface area contributed by atoms with E-state index < -0.39 is 30.0 Å². The van der Waals surface area contributed by atoms with Crippen LogP contribution < -0.4 is 26.6 Å². The van der Waals surface area contributed by atoms with Crippen LogP contribution in [0.4, 0.5) is 15.5 Å². The molecule has 2 saturated carbocycles. The van der Waals surface area contributed by atoms with E-state index in [1.54, 1.807) is 6.20 Å². The molecule has 5 N–H and O–H groups in total. The highest BCUT2D eigenvalue weighted by atomic mass is 35.5. The Kier molecular flexibility index (Phi) is 13.5. The second kappa shape index (κ2) is 19.5. The maximum atomic E-state index is 13.6. The second-order valence-electron chi connectivity index (χ2n) is 16.4. The summed E-state index contributed by atoms with van der Waals surface area (Å²) in [5, 5.41) is 19.0. The van der Waals surface area contributed by atoms with Crippen LogP contribution in [0.2, 0.25) is 5.02 Å². The second-order valence-corrected chi connectivity index (χ2v) is 18.0. The van der Waals surface area contributed by atoms with Crippen molar-refractivity contribution in [3.05, 3.63) is 80.4 Å². The minimum absolute atomic E-state index is 0.0295. The van der Waals surface area contributed by atoms with Gasteiger partial charge in [0.05, 0.1) is 34.5 Å². The van der Waals surface area contributed by atoms with Crippen LogP contribution >= 0.6 is 22.9 Å². The Morgan fingerprint density at radius 1 is 0.984 bits per heavy atom. The van der Waals surface area contributed by atoms with E-state index in [0.717, 1.165) is 33.7 Å². The summed E-state index contributed by atoms with van der Waals surface area (Å²) in [6.45, 7) is 0.540. The van der Waals surface area contributed by atoms with E-state index in [9.17, 15) is 28.8 Å². The summed E-state index contributed by atoms with van der Waals surface area (Å²) < 4.78 is 7.59. The fraction of sp³-hybridized carbons (Fsp3) is 0.465. The van der Waals surface area contributed by atoms with Crippen LogP contribution in [-0.2, 0) is 52.3 Å². The molecule has 1 saturated heterocycles. The van der Waals surface area contributed by atoms with E-state index in [4.69, 9.17) is 21.3 Å². The summed E-state index contributed by atoms with van der Waals surface area (Å²) in [5.74, 6) is -0.330. The average molecular weight is 900 g/mol. The molecule has 63 heavy (non-hydrogen) atoms. The normalized spacial score (nSPS) is 19.6. The van der Waals surface area contributed by atoms with Gasteiger partial charge in [-0.15, -0.1) is 11.3 Å². The smallest absolute Gasteiger partial charge is 0.410 e. The minimum atomic E-state index is -0.683. The summed E-state index contributed by atoms with van der Waals surface area (Å²) in [7, 11) is 1.94. The summed E-state index contributed by atoms with van der Waals surface area (Å²) in [4.78, 5) is 89.9. The Labute approximate surface area is 372 Å². The lowest BCUT2D eigenvalue weighted by molar-refractivity contribution is -0.137. The predicted octanol–water partition coefficient (Wildman–Crippen LogP) is 4.28. The van der Waals surface area contributed by atoms with Gasteiger partial charge in [-0.2, -0.15) is 5.10 Å². The first-order valence-corrected chi connectivity index (χ1v) is 22.5. The van der Waals surface area contributed by atoms with Crippen LogP contribution in [0.15, 0.2) is 48.8 Å². The molecular formula is C43H50ClN11O7S. The number of amides is 7. The molecule has 3 fully saturated rings. The van der Waals surface area contributed by atoms with Crippen molar-refractivity contribution in [2.24, 2.45) is 13.0 Å². The Morgan fingerprint density at radius 2 is 1.76 bits per heavy atom. The first kappa shape index (κ1) is 43.6. The highest BCUT2D eigenvalue weighted by Crippen LogP contribution is 2.37. The van der Waals surface area contributed by atoms with Crippen LogP contribution in [0.25, 0.3) is 11.3 Å². The number of hydrogen-bond acceptors (Lipinski definition) is 12. The van der Waals surface area contributed by atoms with Crippen molar-refractivity contribution in [1.29, 1.82) is 0 Å². The molecule has 7 amide bonds. The Balaban J connectivity index is 0.799. The predicted molar refractivity (Wildman–Crippen MR) is 232 cm³/mol. The van der Waals surface area contributed by atoms with Gasteiger partial charge in [-0.05, 0) is 74.5 Å². The quantitative estimate of drug-likeness (QED) is 0.0789. The number of fused-ring (bicyclic) bond motifs is 1. The number of thiophene rings is 1. The number of nitrogens with one attached hydrogen (secondary N) is 5. The fourth-order valence-corrected chi connectivity index (χ4v) is 9.55. The zero-order valence-corrected chi connectivity index (χ0v) is 36.4. The number of rotatable bonds is 16. The van der Waals surface area contributed by atoms with Crippen LogP contribution in [0.1, 0.15) is 82.7 Å². The standard InChI is InChI=1S/C43H50ClN11O7S/c1-53-34(17-25-7-8-25)31(20-49-53)37-32(44)21-47-41(52-37)50-28-9-11-29(12-10-28)54(43(61)62-24-26-5-3-2-4-6-26)23-36(57)45-15-16-46-42(60)48-19-30-18-27-22-55(40(59)38(27)63-30)33-13-14-35(56)51-39(33)58/h2-6,18,20-21,25,28-29,33H,7-17,19,22-24H2,1H3,(H,45,57)(H2,46,48,60)(H,47,50,52)(H,51,56,58). The lowest BCUT2D eigenvalue weighted by Crippen LogP contribution is -2.52. The van der Waals surface area contributed by atoms with Crippen LogP contribution in [0, 0.1) is 5.92 Å². The van der Waals surface area contributed by atoms with E-state index in [1.165, 1.54) is 34.0 Å². The topological polar surface area (TPSA) is 222 Å². The van der Waals surface area contributed by atoms with Crippen molar-refractivity contribution >= 4 is 64.6 Å². The number of imide groups is 1. The molecule has 20 heteroatoms. The number of carbonyl (C=O) groups is 6. The zero-order valence-electron chi connectivity index (χ0n) is 34.9. The third-order valence-electron chi connectivity index (χ3n) is 11.9. The summed E-state index contributed by atoms with van der Waals surface area (Å²) in [5.41, 5.74) is 4.26. The van der Waals surface area contributed by atoms with Crippen molar-refractivity contribution in [2.45, 2.75) is 95.6 Å². The number of aromatic nitrogens is 4. The molecule has 18 nitrogen and oxygen atoms in total. The molecule has 2 aliphatic carbocycles. The van der Waals surface area contributed by atoms with Gasteiger partial charge in [0, 0.05) is 61.3 Å². The van der Waals surface area contributed by atoms with Gasteiger partial charge in [0.25, 0.3) is 5.91 Å². The zero-order chi connectivity index (χ0) is 44.0. The van der Waals surface area contributed by atoms with Gasteiger partial charge in [-0.3, -0.25) is 34.1 Å². The highest BCUT2D eigenvalue weighted by Gasteiger charge is 2.40. The summed E-state index contributed by atoms with van der Waals surface area (Å²) in [6, 6.07) is 9.81. The third kappa shape index (κ3) is 10.8. The Morgan fingerprint density at radius 3 is 2.51 bits per heavy atom. The third-order valence-corrected chi connectivity index (χ3v) is 13.3.